The molecular formula is C13H18N2O3. The molecule has 1 aromatic rings. The molecule has 2 amide bonds. The zero-order valence-corrected chi connectivity index (χ0v) is 11.1. The Labute approximate surface area is 107 Å². The van der Waals surface area contributed by atoms with E-state index in [9.17, 15) is 9.59 Å². The van der Waals surface area contributed by atoms with Gasteiger partial charge in [-0.1, -0.05) is 0 Å². The first-order valence-electron chi connectivity index (χ1n) is 5.72. The molecule has 0 aromatic heterocycles. The molecule has 0 saturated heterocycles. The van der Waals surface area contributed by atoms with Crippen molar-refractivity contribution in [1.82, 2.24) is 0 Å². The number of ether oxygens (including phenoxy) is 1. The van der Waals surface area contributed by atoms with Crippen LogP contribution in [-0.4, -0.2) is 26.2 Å². The average Bonchev–Trinajstić information content (AvgIpc) is 2.32. The molecule has 0 aliphatic rings. The summed E-state index contributed by atoms with van der Waals surface area (Å²) < 4.78 is 4.83. The lowest BCUT2D eigenvalue weighted by atomic mass is 10.1. The van der Waals surface area contributed by atoms with E-state index in [0.29, 0.717) is 24.4 Å². The standard InChI is InChI=1S/C13H18N2O3/c1-5-18-13(17)14-11-6-9(2)10(3)7-12(11)15(4)8-16/h6-8H,5H2,1-4H3,(H,14,17). The minimum absolute atomic E-state index is 0.301. The second-order valence-corrected chi connectivity index (χ2v) is 4.02. The van der Waals surface area contributed by atoms with Crippen LogP contribution in [0.1, 0.15) is 18.1 Å². The molecule has 0 atom stereocenters. The number of carbonyl (C=O) groups is 2. The highest BCUT2D eigenvalue weighted by Gasteiger charge is 2.12. The van der Waals surface area contributed by atoms with Gasteiger partial charge in [0.15, 0.2) is 0 Å². The molecular weight excluding hydrogens is 232 g/mol. The van der Waals surface area contributed by atoms with Crippen molar-refractivity contribution in [2.75, 3.05) is 23.9 Å². The van der Waals surface area contributed by atoms with Gasteiger partial charge >= 0.3 is 6.09 Å². The summed E-state index contributed by atoms with van der Waals surface area (Å²) in [7, 11) is 1.63. The van der Waals surface area contributed by atoms with Crippen molar-refractivity contribution in [1.29, 1.82) is 0 Å². The largest absolute Gasteiger partial charge is 0.450 e. The lowest BCUT2D eigenvalue weighted by molar-refractivity contribution is -0.107. The van der Waals surface area contributed by atoms with E-state index in [2.05, 4.69) is 5.32 Å². The van der Waals surface area contributed by atoms with Crippen molar-refractivity contribution in [2.24, 2.45) is 0 Å². The molecule has 0 aliphatic carbocycles. The molecule has 1 N–H and O–H groups in total. The van der Waals surface area contributed by atoms with Crippen molar-refractivity contribution in [3.05, 3.63) is 23.3 Å². The SMILES string of the molecule is CCOC(=O)Nc1cc(C)c(C)cc1N(C)C=O. The highest BCUT2D eigenvalue weighted by molar-refractivity contribution is 5.93. The fraction of sp³-hybridized carbons (Fsp3) is 0.385. The van der Waals surface area contributed by atoms with E-state index in [1.807, 2.05) is 26.0 Å². The zero-order valence-electron chi connectivity index (χ0n) is 11.1. The van der Waals surface area contributed by atoms with Crippen LogP contribution in [0.15, 0.2) is 12.1 Å². The minimum Gasteiger partial charge on any atom is -0.450 e. The monoisotopic (exact) mass is 250 g/mol. The number of aryl methyl sites for hydroxylation is 2. The van der Waals surface area contributed by atoms with Gasteiger partial charge in [-0.15, -0.1) is 0 Å². The predicted octanol–water partition coefficient (Wildman–Crippen LogP) is 2.46. The van der Waals surface area contributed by atoms with Gasteiger partial charge in [-0.25, -0.2) is 4.79 Å². The molecule has 98 valence electrons. The topological polar surface area (TPSA) is 58.6 Å². The molecule has 0 fully saturated rings. The van der Waals surface area contributed by atoms with Gasteiger partial charge in [0, 0.05) is 7.05 Å². The van der Waals surface area contributed by atoms with Gasteiger partial charge in [-0.05, 0) is 44.0 Å². The van der Waals surface area contributed by atoms with Crippen LogP contribution in [0.3, 0.4) is 0 Å². The lowest BCUT2D eigenvalue weighted by Gasteiger charge is -2.18. The Balaban J connectivity index is 3.11. The maximum absolute atomic E-state index is 11.4. The Kier molecular flexibility index (Phi) is 4.71. The van der Waals surface area contributed by atoms with Crippen LogP contribution in [0.4, 0.5) is 16.2 Å². The van der Waals surface area contributed by atoms with Gasteiger partial charge < -0.3 is 9.64 Å². The van der Waals surface area contributed by atoms with E-state index < -0.39 is 6.09 Å². The number of nitrogens with one attached hydrogen (secondary N) is 1. The fourth-order valence-electron chi connectivity index (χ4n) is 1.53. The Morgan fingerprint density at radius 1 is 1.39 bits per heavy atom. The average molecular weight is 250 g/mol. The number of benzene rings is 1. The fourth-order valence-corrected chi connectivity index (χ4v) is 1.53. The molecule has 0 radical (unpaired) electrons. The Morgan fingerprint density at radius 3 is 2.56 bits per heavy atom. The maximum atomic E-state index is 11.4. The Bertz CT molecular complexity index is 458. The van der Waals surface area contributed by atoms with E-state index in [1.165, 1.54) is 4.90 Å². The van der Waals surface area contributed by atoms with Crippen LogP contribution in [0.2, 0.25) is 0 Å². The summed E-state index contributed by atoms with van der Waals surface area (Å²) in [4.78, 5) is 23.7. The van der Waals surface area contributed by atoms with Crippen LogP contribution in [0.5, 0.6) is 0 Å². The summed E-state index contributed by atoms with van der Waals surface area (Å²) in [6, 6.07) is 3.67. The van der Waals surface area contributed by atoms with Gasteiger partial charge in [0.1, 0.15) is 0 Å². The Morgan fingerprint density at radius 2 is 2.00 bits per heavy atom. The highest BCUT2D eigenvalue weighted by Crippen LogP contribution is 2.28. The summed E-state index contributed by atoms with van der Waals surface area (Å²) in [5.74, 6) is 0. The molecule has 0 bridgehead atoms. The van der Waals surface area contributed by atoms with Crippen molar-refractivity contribution in [3.63, 3.8) is 0 Å². The van der Waals surface area contributed by atoms with Crippen molar-refractivity contribution >= 4 is 23.9 Å². The number of amides is 2. The third-order valence-electron chi connectivity index (χ3n) is 2.66. The van der Waals surface area contributed by atoms with Crippen LogP contribution < -0.4 is 10.2 Å². The molecule has 0 unspecified atom stereocenters. The van der Waals surface area contributed by atoms with Crippen LogP contribution in [0.25, 0.3) is 0 Å². The molecule has 0 spiro atoms. The van der Waals surface area contributed by atoms with Gasteiger partial charge in [-0.3, -0.25) is 10.1 Å². The van der Waals surface area contributed by atoms with Crippen LogP contribution >= 0.6 is 0 Å². The van der Waals surface area contributed by atoms with E-state index in [1.54, 1.807) is 14.0 Å². The smallest absolute Gasteiger partial charge is 0.411 e. The number of carbonyl (C=O) groups excluding carboxylic acids is 2. The summed E-state index contributed by atoms with van der Waals surface area (Å²) in [6.45, 7) is 5.93. The summed E-state index contributed by atoms with van der Waals surface area (Å²) in [5.41, 5.74) is 3.28. The molecule has 18 heavy (non-hydrogen) atoms. The van der Waals surface area contributed by atoms with Gasteiger partial charge in [-0.2, -0.15) is 0 Å². The minimum atomic E-state index is -0.527. The normalized spacial score (nSPS) is 9.78. The van der Waals surface area contributed by atoms with Gasteiger partial charge in [0.2, 0.25) is 6.41 Å². The van der Waals surface area contributed by atoms with Crippen molar-refractivity contribution in [3.8, 4) is 0 Å². The van der Waals surface area contributed by atoms with E-state index >= 15 is 0 Å². The molecule has 0 saturated carbocycles. The molecule has 0 aliphatic heterocycles. The number of hydrogen-bond acceptors (Lipinski definition) is 3. The summed E-state index contributed by atoms with van der Waals surface area (Å²) in [5, 5.41) is 2.63. The zero-order chi connectivity index (χ0) is 13.7. The van der Waals surface area contributed by atoms with Crippen LogP contribution in [-0.2, 0) is 9.53 Å². The second kappa shape index (κ2) is 6.05. The maximum Gasteiger partial charge on any atom is 0.411 e. The molecule has 0 heterocycles. The van der Waals surface area contributed by atoms with Crippen LogP contribution in [0, 0.1) is 13.8 Å². The number of hydrogen-bond donors (Lipinski definition) is 1. The second-order valence-electron chi connectivity index (χ2n) is 4.02. The Hall–Kier alpha value is -2.04. The third-order valence-corrected chi connectivity index (χ3v) is 2.66. The first kappa shape index (κ1) is 14.0. The number of nitrogens with zero attached hydrogens (tertiary/aromatic N) is 1. The van der Waals surface area contributed by atoms with E-state index in [4.69, 9.17) is 4.74 Å². The van der Waals surface area contributed by atoms with E-state index in [0.717, 1.165) is 11.1 Å². The molecule has 1 rings (SSSR count). The molecule has 1 aromatic carbocycles. The molecule has 5 nitrogen and oxygen atoms in total. The van der Waals surface area contributed by atoms with Crippen molar-refractivity contribution in [2.45, 2.75) is 20.8 Å². The van der Waals surface area contributed by atoms with Gasteiger partial charge in [0.05, 0.1) is 18.0 Å². The quantitative estimate of drug-likeness (QED) is 0.835. The first-order chi connectivity index (χ1) is 8.49. The number of rotatable bonds is 4. The summed E-state index contributed by atoms with van der Waals surface area (Å²) in [6.07, 6.45) is 0.168. The third kappa shape index (κ3) is 3.23. The first-order valence-corrected chi connectivity index (χ1v) is 5.72. The van der Waals surface area contributed by atoms with E-state index in [-0.39, 0.29) is 0 Å². The van der Waals surface area contributed by atoms with Gasteiger partial charge in [0.25, 0.3) is 0 Å². The van der Waals surface area contributed by atoms with Crippen molar-refractivity contribution < 1.29 is 14.3 Å². The number of anilines is 2. The predicted molar refractivity (Wildman–Crippen MR) is 71.0 cm³/mol. The summed E-state index contributed by atoms with van der Waals surface area (Å²) >= 11 is 0. The lowest BCUT2D eigenvalue weighted by Crippen LogP contribution is -2.19. The molecule has 5 heteroatoms. The highest BCUT2D eigenvalue weighted by atomic mass is 16.5.